The molecule has 0 fully saturated rings. The number of nitrogens with zero attached hydrogens (tertiary/aromatic N) is 1. The van der Waals surface area contributed by atoms with Crippen LogP contribution in [0.15, 0.2) is 65.7 Å². The lowest BCUT2D eigenvalue weighted by atomic mass is 10.00. The van der Waals surface area contributed by atoms with Crippen LogP contribution in [0.4, 0.5) is 0 Å². The summed E-state index contributed by atoms with van der Waals surface area (Å²) in [6, 6.07) is 13.9. The summed E-state index contributed by atoms with van der Waals surface area (Å²) < 4.78 is 0. The second kappa shape index (κ2) is 16.6. The first-order valence-corrected chi connectivity index (χ1v) is 13.5. The molecule has 4 atom stereocenters. The van der Waals surface area contributed by atoms with E-state index in [1.807, 2.05) is 36.4 Å². The van der Waals surface area contributed by atoms with Crippen LogP contribution < -0.4 is 33.2 Å². The molecule has 2 aromatic carbocycles. The number of amides is 3. The van der Waals surface area contributed by atoms with Gasteiger partial charge in [-0.1, -0.05) is 74.5 Å². The number of rotatable bonds is 16. The van der Waals surface area contributed by atoms with Gasteiger partial charge in [-0.25, -0.2) is 4.79 Å². The minimum Gasteiger partial charge on any atom is -0.480 e. The van der Waals surface area contributed by atoms with Crippen LogP contribution in [0.25, 0.3) is 0 Å². The Morgan fingerprint density at radius 1 is 0.780 bits per heavy atom. The van der Waals surface area contributed by atoms with Crippen LogP contribution in [0, 0.1) is 5.92 Å². The molecule has 12 nitrogen and oxygen atoms in total. The Balaban J connectivity index is 2.13. The van der Waals surface area contributed by atoms with Crippen LogP contribution in [-0.2, 0) is 32.0 Å². The quantitative estimate of drug-likeness (QED) is 0.0833. The van der Waals surface area contributed by atoms with E-state index in [9.17, 15) is 24.3 Å². The number of hydrogen-bond acceptors (Lipinski definition) is 6. The Hall–Kier alpha value is -4.45. The summed E-state index contributed by atoms with van der Waals surface area (Å²) in [6.07, 6.45) is 0.874. The maximum absolute atomic E-state index is 13.4. The molecule has 12 heteroatoms. The number of carboxylic acids is 1. The number of nitrogens with one attached hydrogen (secondary N) is 3. The van der Waals surface area contributed by atoms with E-state index in [0.717, 1.165) is 11.1 Å². The molecule has 2 rings (SSSR count). The van der Waals surface area contributed by atoms with Crippen LogP contribution in [0.3, 0.4) is 0 Å². The maximum atomic E-state index is 13.4. The first-order valence-electron chi connectivity index (χ1n) is 13.5. The van der Waals surface area contributed by atoms with Crippen LogP contribution in [0.1, 0.15) is 37.8 Å². The summed E-state index contributed by atoms with van der Waals surface area (Å²) in [6.45, 7) is 3.67. The molecular formula is C29H41N7O5. The minimum atomic E-state index is -1.20. The minimum absolute atomic E-state index is 0.0729. The van der Waals surface area contributed by atoms with E-state index in [1.165, 1.54) is 0 Å². The fourth-order valence-electron chi connectivity index (χ4n) is 4.11. The van der Waals surface area contributed by atoms with E-state index in [0.29, 0.717) is 6.42 Å². The monoisotopic (exact) mass is 567 g/mol. The Bertz CT molecular complexity index is 1170. The Morgan fingerprint density at radius 3 is 1.83 bits per heavy atom. The zero-order valence-electron chi connectivity index (χ0n) is 23.5. The highest BCUT2D eigenvalue weighted by Crippen LogP contribution is 2.09. The highest BCUT2D eigenvalue weighted by molar-refractivity contribution is 5.94. The van der Waals surface area contributed by atoms with Gasteiger partial charge in [0.25, 0.3) is 0 Å². The summed E-state index contributed by atoms with van der Waals surface area (Å²) in [5.41, 5.74) is 18.5. The first-order chi connectivity index (χ1) is 19.5. The van der Waals surface area contributed by atoms with E-state index in [1.54, 1.807) is 38.1 Å². The average molecular weight is 568 g/mol. The van der Waals surface area contributed by atoms with Crippen LogP contribution >= 0.6 is 0 Å². The number of benzene rings is 2. The lowest BCUT2D eigenvalue weighted by Gasteiger charge is -2.27. The van der Waals surface area contributed by atoms with Gasteiger partial charge >= 0.3 is 5.97 Å². The predicted molar refractivity (Wildman–Crippen MR) is 156 cm³/mol. The molecule has 0 radical (unpaired) electrons. The third-order valence-electron chi connectivity index (χ3n) is 6.36. The van der Waals surface area contributed by atoms with E-state index in [-0.39, 0.29) is 37.7 Å². The molecule has 0 aliphatic rings. The number of aliphatic carboxylic acids is 1. The van der Waals surface area contributed by atoms with Crippen molar-refractivity contribution in [3.8, 4) is 0 Å². The van der Waals surface area contributed by atoms with Gasteiger partial charge in [-0.05, 0) is 36.3 Å². The third kappa shape index (κ3) is 11.7. The van der Waals surface area contributed by atoms with Gasteiger partial charge in [0.2, 0.25) is 17.7 Å². The molecule has 10 N–H and O–H groups in total. The van der Waals surface area contributed by atoms with Crippen LogP contribution in [0.5, 0.6) is 0 Å². The standard InChI is InChI=1S/C29H41N7O5/c1-18(2)24(27(39)35-23(28(40)41)17-20-12-7-4-8-13-20)36-26(38)22(14-9-15-33-29(31)32)34-25(37)21(30)16-19-10-5-3-6-11-19/h3-8,10-13,18,21-24H,9,14-17,30H2,1-2H3,(H,34,37)(H,35,39)(H,36,38)(H,40,41)(H4,31,32,33). The number of aliphatic imine (C=N–C) groups is 1. The molecular weight excluding hydrogens is 526 g/mol. The number of guanidine groups is 1. The van der Waals surface area contributed by atoms with Gasteiger partial charge in [0, 0.05) is 13.0 Å². The SMILES string of the molecule is CC(C)C(NC(=O)C(CCCN=C(N)N)NC(=O)C(N)Cc1ccccc1)C(=O)NC(Cc1ccccc1)C(=O)O. The van der Waals surface area contributed by atoms with Gasteiger partial charge < -0.3 is 38.3 Å². The summed E-state index contributed by atoms with van der Waals surface area (Å²) in [7, 11) is 0. The molecule has 0 aromatic heterocycles. The Labute approximate surface area is 240 Å². The molecule has 4 unspecified atom stereocenters. The molecule has 0 saturated heterocycles. The van der Waals surface area contributed by atoms with Crippen molar-refractivity contribution >= 4 is 29.7 Å². The summed E-state index contributed by atoms with van der Waals surface area (Å²) in [5, 5.41) is 17.6. The molecule has 3 amide bonds. The summed E-state index contributed by atoms with van der Waals surface area (Å²) in [5.74, 6) is -3.48. The lowest BCUT2D eigenvalue weighted by molar-refractivity contribution is -0.142. The topological polar surface area (TPSA) is 215 Å². The lowest BCUT2D eigenvalue weighted by Crippen LogP contribution is -2.58. The van der Waals surface area contributed by atoms with Crippen molar-refractivity contribution < 1.29 is 24.3 Å². The molecule has 0 heterocycles. The van der Waals surface area contributed by atoms with Gasteiger partial charge in [-0.2, -0.15) is 0 Å². The Morgan fingerprint density at radius 2 is 1.32 bits per heavy atom. The zero-order chi connectivity index (χ0) is 30.4. The van der Waals surface area contributed by atoms with Gasteiger partial charge in [-0.15, -0.1) is 0 Å². The second-order valence-electron chi connectivity index (χ2n) is 10.1. The maximum Gasteiger partial charge on any atom is 0.326 e. The third-order valence-corrected chi connectivity index (χ3v) is 6.36. The smallest absolute Gasteiger partial charge is 0.326 e. The molecule has 0 aliphatic heterocycles. The van der Waals surface area contributed by atoms with Gasteiger partial charge in [0.1, 0.15) is 18.1 Å². The summed E-state index contributed by atoms with van der Waals surface area (Å²) in [4.78, 5) is 55.3. The highest BCUT2D eigenvalue weighted by atomic mass is 16.4. The van der Waals surface area contributed by atoms with Crippen LogP contribution in [0.2, 0.25) is 0 Å². The molecule has 0 spiro atoms. The second-order valence-corrected chi connectivity index (χ2v) is 10.1. The fourth-order valence-corrected chi connectivity index (χ4v) is 4.11. The fraction of sp³-hybridized carbons (Fsp3) is 0.414. The zero-order valence-corrected chi connectivity index (χ0v) is 23.5. The van der Waals surface area contributed by atoms with Crippen molar-refractivity contribution in [2.24, 2.45) is 28.1 Å². The van der Waals surface area contributed by atoms with Gasteiger partial charge in [0.15, 0.2) is 5.96 Å². The van der Waals surface area contributed by atoms with Gasteiger partial charge in [-0.3, -0.25) is 19.4 Å². The van der Waals surface area contributed by atoms with E-state index in [4.69, 9.17) is 17.2 Å². The number of carbonyl (C=O) groups excluding carboxylic acids is 3. The molecule has 222 valence electrons. The highest BCUT2D eigenvalue weighted by Gasteiger charge is 2.32. The van der Waals surface area contributed by atoms with Crippen molar-refractivity contribution in [3.05, 3.63) is 71.8 Å². The molecule has 0 aliphatic carbocycles. The first kappa shape index (κ1) is 32.8. The predicted octanol–water partition coefficient (Wildman–Crippen LogP) is 0.0477. The molecule has 0 bridgehead atoms. The van der Waals surface area contributed by atoms with Crippen molar-refractivity contribution in [2.45, 2.75) is 63.7 Å². The van der Waals surface area contributed by atoms with E-state index < -0.39 is 47.9 Å². The number of hydrogen-bond donors (Lipinski definition) is 7. The van der Waals surface area contributed by atoms with Gasteiger partial charge in [0.05, 0.1) is 6.04 Å². The number of carboxylic acid groups (broad SMARTS) is 1. The van der Waals surface area contributed by atoms with Crippen molar-refractivity contribution in [1.82, 2.24) is 16.0 Å². The normalized spacial score (nSPS) is 13.8. The molecule has 41 heavy (non-hydrogen) atoms. The van der Waals surface area contributed by atoms with Crippen LogP contribution in [-0.4, -0.2) is 65.5 Å². The number of nitrogens with two attached hydrogens (primary N) is 3. The summed E-state index contributed by atoms with van der Waals surface area (Å²) >= 11 is 0. The van der Waals surface area contributed by atoms with Crippen molar-refractivity contribution in [1.29, 1.82) is 0 Å². The van der Waals surface area contributed by atoms with Crippen molar-refractivity contribution in [2.75, 3.05) is 6.54 Å². The number of carbonyl (C=O) groups is 4. The van der Waals surface area contributed by atoms with Crippen molar-refractivity contribution in [3.63, 3.8) is 0 Å². The van der Waals surface area contributed by atoms with E-state index >= 15 is 0 Å². The average Bonchev–Trinajstić information content (AvgIpc) is 2.93. The molecule has 2 aromatic rings. The molecule has 0 saturated carbocycles. The Kier molecular flexibility index (Phi) is 13.3. The largest absolute Gasteiger partial charge is 0.480 e. The van der Waals surface area contributed by atoms with E-state index in [2.05, 4.69) is 20.9 Å².